The molecule has 0 aliphatic carbocycles. The Bertz CT molecular complexity index is 1120. The number of carbonyl (C=O) groups is 1. The lowest BCUT2D eigenvalue weighted by molar-refractivity contribution is -0.111. The number of benzene rings is 2. The molecular weight excluding hydrogens is 428 g/mol. The van der Waals surface area contributed by atoms with Crippen LogP contribution in [0.3, 0.4) is 0 Å². The van der Waals surface area contributed by atoms with Gasteiger partial charge in [0.05, 0.1) is 24.6 Å². The molecule has 8 heteroatoms. The lowest BCUT2D eigenvalue weighted by Crippen LogP contribution is -2.36. The average Bonchev–Trinajstić information content (AvgIpc) is 2.82. The molecule has 0 bridgehead atoms. The Morgan fingerprint density at radius 1 is 1.12 bits per heavy atom. The highest BCUT2D eigenvalue weighted by molar-refractivity contribution is 6.31. The molecule has 0 saturated carbocycles. The third-order valence-corrected chi connectivity index (χ3v) is 5.12. The maximum absolute atomic E-state index is 11.5. The van der Waals surface area contributed by atoms with Gasteiger partial charge in [0.1, 0.15) is 16.6 Å². The van der Waals surface area contributed by atoms with Gasteiger partial charge < -0.3 is 25.0 Å². The minimum Gasteiger partial charge on any atom is -0.437 e. The highest BCUT2D eigenvalue weighted by atomic mass is 35.5. The molecular formula is C24H23ClN4O3. The van der Waals surface area contributed by atoms with Crippen LogP contribution in [0.2, 0.25) is 5.02 Å². The lowest BCUT2D eigenvalue weighted by atomic mass is 10.2. The summed E-state index contributed by atoms with van der Waals surface area (Å²) in [6.07, 6.45) is 1.20. The van der Waals surface area contributed by atoms with E-state index in [9.17, 15) is 4.79 Å². The number of rotatable bonds is 7. The van der Waals surface area contributed by atoms with Crippen LogP contribution >= 0.6 is 11.6 Å². The number of nitrogens with one attached hydrogen (secondary N) is 2. The number of aromatic nitrogens is 1. The zero-order chi connectivity index (χ0) is 22.3. The van der Waals surface area contributed by atoms with Crippen molar-refractivity contribution in [3.05, 3.63) is 78.3 Å². The Morgan fingerprint density at radius 2 is 1.94 bits per heavy atom. The van der Waals surface area contributed by atoms with Gasteiger partial charge >= 0.3 is 0 Å². The Kier molecular flexibility index (Phi) is 6.89. The molecule has 0 spiro atoms. The van der Waals surface area contributed by atoms with E-state index in [1.165, 1.54) is 6.08 Å². The zero-order valence-electron chi connectivity index (χ0n) is 17.4. The third kappa shape index (κ3) is 5.38. The molecule has 164 valence electrons. The lowest BCUT2D eigenvalue weighted by Gasteiger charge is -2.30. The molecule has 0 unspecified atom stereocenters. The van der Waals surface area contributed by atoms with Crippen molar-refractivity contribution in [3.8, 4) is 11.6 Å². The molecule has 0 radical (unpaired) electrons. The van der Waals surface area contributed by atoms with Gasteiger partial charge in [-0.3, -0.25) is 4.79 Å². The number of amides is 1. The minimum atomic E-state index is -0.302. The van der Waals surface area contributed by atoms with Gasteiger partial charge in [-0.25, -0.2) is 0 Å². The van der Waals surface area contributed by atoms with Crippen molar-refractivity contribution in [2.24, 2.45) is 0 Å². The maximum Gasteiger partial charge on any atom is 0.247 e. The Balaban J connectivity index is 1.54. The molecule has 3 aromatic rings. The first-order valence-corrected chi connectivity index (χ1v) is 10.6. The number of carbonyl (C=O) groups excluding carboxylic acids is 1. The van der Waals surface area contributed by atoms with Crippen molar-refractivity contribution in [2.45, 2.75) is 0 Å². The second kappa shape index (κ2) is 10.2. The molecule has 1 fully saturated rings. The minimum absolute atomic E-state index is 0.257. The zero-order valence-corrected chi connectivity index (χ0v) is 18.1. The van der Waals surface area contributed by atoms with Crippen molar-refractivity contribution in [1.29, 1.82) is 0 Å². The van der Waals surface area contributed by atoms with Crippen LogP contribution in [0.15, 0.2) is 73.3 Å². The first kappa shape index (κ1) is 21.7. The largest absolute Gasteiger partial charge is 0.437 e. The highest BCUT2D eigenvalue weighted by Gasteiger charge is 2.15. The van der Waals surface area contributed by atoms with Crippen molar-refractivity contribution in [2.75, 3.05) is 41.8 Å². The van der Waals surface area contributed by atoms with Crippen molar-refractivity contribution < 1.29 is 14.3 Å². The summed E-state index contributed by atoms with van der Waals surface area (Å²) >= 11 is 6.33. The smallest absolute Gasteiger partial charge is 0.247 e. The molecule has 1 aliphatic rings. The molecule has 0 atom stereocenters. The average molecular weight is 451 g/mol. The fourth-order valence-electron chi connectivity index (χ4n) is 3.30. The number of nitrogens with zero attached hydrogens (tertiary/aromatic N) is 2. The molecule has 2 heterocycles. The fraction of sp³-hybridized carbons (Fsp3) is 0.167. The summed E-state index contributed by atoms with van der Waals surface area (Å²) in [6, 6.07) is 18.6. The van der Waals surface area contributed by atoms with E-state index >= 15 is 0 Å². The second-order valence-corrected chi connectivity index (χ2v) is 7.46. The van der Waals surface area contributed by atoms with E-state index in [0.717, 1.165) is 24.5 Å². The van der Waals surface area contributed by atoms with E-state index in [4.69, 9.17) is 21.1 Å². The molecule has 1 amide bonds. The van der Waals surface area contributed by atoms with Crippen LogP contribution < -0.4 is 20.3 Å². The van der Waals surface area contributed by atoms with Crippen LogP contribution in [0.1, 0.15) is 0 Å². The van der Waals surface area contributed by atoms with E-state index in [0.29, 0.717) is 35.5 Å². The summed E-state index contributed by atoms with van der Waals surface area (Å²) in [7, 11) is 0. The molecule has 7 nitrogen and oxygen atoms in total. The Morgan fingerprint density at radius 3 is 2.75 bits per heavy atom. The van der Waals surface area contributed by atoms with Crippen LogP contribution in [-0.4, -0.2) is 37.2 Å². The molecule has 32 heavy (non-hydrogen) atoms. The number of pyridine rings is 1. The van der Waals surface area contributed by atoms with E-state index in [2.05, 4.69) is 33.2 Å². The fourth-order valence-corrected chi connectivity index (χ4v) is 3.45. The quantitative estimate of drug-likeness (QED) is 0.480. The highest BCUT2D eigenvalue weighted by Crippen LogP contribution is 2.33. The number of hydrogen-bond acceptors (Lipinski definition) is 6. The summed E-state index contributed by atoms with van der Waals surface area (Å²) in [5.41, 5.74) is 2.60. The number of para-hydroxylation sites is 2. The topological polar surface area (TPSA) is 75.7 Å². The van der Waals surface area contributed by atoms with Gasteiger partial charge in [-0.2, -0.15) is 4.98 Å². The van der Waals surface area contributed by atoms with Crippen LogP contribution in [0.25, 0.3) is 0 Å². The summed E-state index contributed by atoms with van der Waals surface area (Å²) in [6.45, 7) is 6.53. The number of ether oxygens (including phenoxy) is 2. The molecule has 2 N–H and O–H groups in total. The van der Waals surface area contributed by atoms with E-state index in [-0.39, 0.29) is 11.8 Å². The molecule has 1 saturated heterocycles. The van der Waals surface area contributed by atoms with Gasteiger partial charge in [0.25, 0.3) is 0 Å². The first-order chi connectivity index (χ1) is 15.6. The number of halogens is 1. The second-order valence-electron chi connectivity index (χ2n) is 7.05. The molecule has 4 rings (SSSR count). The molecule has 1 aromatic heterocycles. The van der Waals surface area contributed by atoms with Gasteiger partial charge in [0, 0.05) is 24.8 Å². The van der Waals surface area contributed by atoms with Gasteiger partial charge in [-0.15, -0.1) is 0 Å². The number of hydrogen-bond donors (Lipinski definition) is 2. The van der Waals surface area contributed by atoms with E-state index in [1.807, 2.05) is 18.2 Å². The van der Waals surface area contributed by atoms with Crippen LogP contribution in [-0.2, 0) is 9.53 Å². The van der Waals surface area contributed by atoms with Gasteiger partial charge in [0.2, 0.25) is 11.8 Å². The SMILES string of the molecule is C=CC(=O)Nc1cccc(Oc2nc(Nc3ccccc3N3CCOCC3)ccc2Cl)c1. The Hall–Kier alpha value is -3.55. The monoisotopic (exact) mass is 450 g/mol. The van der Waals surface area contributed by atoms with Crippen LogP contribution in [0, 0.1) is 0 Å². The summed E-state index contributed by atoms with van der Waals surface area (Å²) in [5.74, 6) is 1.05. The number of anilines is 4. The van der Waals surface area contributed by atoms with Gasteiger partial charge in [-0.05, 0) is 42.5 Å². The van der Waals surface area contributed by atoms with E-state index in [1.54, 1.807) is 36.4 Å². The summed E-state index contributed by atoms with van der Waals surface area (Å²) in [4.78, 5) is 18.4. The summed E-state index contributed by atoms with van der Waals surface area (Å²) in [5, 5.41) is 6.44. The van der Waals surface area contributed by atoms with Crippen molar-refractivity contribution in [3.63, 3.8) is 0 Å². The van der Waals surface area contributed by atoms with Crippen LogP contribution in [0.4, 0.5) is 22.9 Å². The standard InChI is InChI=1S/C24H23ClN4O3/c1-2-23(30)26-17-6-5-7-18(16-17)32-24-19(25)10-11-22(28-24)27-20-8-3-4-9-21(20)29-12-14-31-15-13-29/h2-11,16H,1,12-15H2,(H,26,30)(H,27,28). The first-order valence-electron chi connectivity index (χ1n) is 10.2. The maximum atomic E-state index is 11.5. The predicted molar refractivity (Wildman–Crippen MR) is 127 cm³/mol. The predicted octanol–water partition coefficient (Wildman–Crippen LogP) is 5.23. The summed E-state index contributed by atoms with van der Waals surface area (Å²) < 4.78 is 11.4. The normalized spacial score (nSPS) is 13.3. The number of morpholine rings is 1. The van der Waals surface area contributed by atoms with Crippen molar-refractivity contribution >= 4 is 40.4 Å². The molecule has 2 aromatic carbocycles. The van der Waals surface area contributed by atoms with Crippen LogP contribution in [0.5, 0.6) is 11.6 Å². The van der Waals surface area contributed by atoms with E-state index < -0.39 is 0 Å². The van der Waals surface area contributed by atoms with Crippen molar-refractivity contribution in [1.82, 2.24) is 4.98 Å². The van der Waals surface area contributed by atoms with Gasteiger partial charge in [0.15, 0.2) is 0 Å². The third-order valence-electron chi connectivity index (χ3n) is 4.83. The van der Waals surface area contributed by atoms with Gasteiger partial charge in [-0.1, -0.05) is 36.4 Å². The Labute approximate surface area is 191 Å². The molecule has 1 aliphatic heterocycles.